The summed E-state index contributed by atoms with van der Waals surface area (Å²) < 4.78 is 15.3. The van der Waals surface area contributed by atoms with E-state index in [4.69, 9.17) is 14.2 Å². The molecular formula is C17H16O5. The summed E-state index contributed by atoms with van der Waals surface area (Å²) in [6, 6.07) is 10.3. The van der Waals surface area contributed by atoms with Crippen molar-refractivity contribution in [3.05, 3.63) is 47.5 Å². The summed E-state index contributed by atoms with van der Waals surface area (Å²) in [6.07, 6.45) is 0.729. The summed E-state index contributed by atoms with van der Waals surface area (Å²) in [7, 11) is 4.29. The van der Waals surface area contributed by atoms with Crippen LogP contribution in [-0.2, 0) is 4.74 Å². The zero-order chi connectivity index (χ0) is 16.1. The van der Waals surface area contributed by atoms with Crippen LogP contribution in [-0.4, -0.2) is 33.6 Å². The van der Waals surface area contributed by atoms with E-state index in [-0.39, 0.29) is 0 Å². The predicted octanol–water partition coefficient (Wildman–Crippen LogP) is 2.97. The molecule has 0 aliphatic rings. The number of hydrogen-bond acceptors (Lipinski definition) is 5. The third-order valence-electron chi connectivity index (χ3n) is 3.29. The summed E-state index contributed by atoms with van der Waals surface area (Å²) in [5.74, 6) is 0.379. The van der Waals surface area contributed by atoms with E-state index in [1.807, 2.05) is 6.07 Å². The molecule has 0 unspecified atom stereocenters. The van der Waals surface area contributed by atoms with Crippen molar-refractivity contribution in [2.75, 3.05) is 21.3 Å². The molecule has 5 nitrogen and oxygen atoms in total. The van der Waals surface area contributed by atoms with Crippen LogP contribution in [0, 0.1) is 0 Å². The molecule has 0 aliphatic heterocycles. The first kappa shape index (κ1) is 15.6. The molecule has 0 N–H and O–H groups in total. The van der Waals surface area contributed by atoms with E-state index in [0.717, 1.165) is 11.8 Å². The standard InChI is InChI=1S/C17H16O5/c1-20-15-8-7-11(9-14(15)17(19)22-3)13-6-4-5-12(10-18)16(13)21-2/h4-10H,1-3H3. The second kappa shape index (κ2) is 6.76. The Hall–Kier alpha value is -2.82. The average Bonchev–Trinajstić information content (AvgIpc) is 2.59. The Morgan fingerprint density at radius 1 is 1.05 bits per heavy atom. The summed E-state index contributed by atoms with van der Waals surface area (Å²) >= 11 is 0. The van der Waals surface area contributed by atoms with Gasteiger partial charge in [0.2, 0.25) is 0 Å². The molecule has 0 heterocycles. The fourth-order valence-electron chi connectivity index (χ4n) is 2.25. The minimum absolute atomic E-state index is 0.307. The molecule has 0 radical (unpaired) electrons. The van der Waals surface area contributed by atoms with E-state index in [9.17, 15) is 9.59 Å². The lowest BCUT2D eigenvalue weighted by atomic mass is 9.99. The number of rotatable bonds is 5. The van der Waals surface area contributed by atoms with Crippen LogP contribution in [0.1, 0.15) is 20.7 Å². The molecule has 2 aromatic rings. The van der Waals surface area contributed by atoms with Gasteiger partial charge in [-0.2, -0.15) is 0 Å². The number of aldehydes is 1. The lowest BCUT2D eigenvalue weighted by Crippen LogP contribution is -2.04. The van der Waals surface area contributed by atoms with Gasteiger partial charge in [0.1, 0.15) is 17.1 Å². The number of carbonyl (C=O) groups excluding carboxylic acids is 2. The van der Waals surface area contributed by atoms with Gasteiger partial charge in [0, 0.05) is 5.56 Å². The minimum atomic E-state index is -0.496. The molecule has 5 heteroatoms. The van der Waals surface area contributed by atoms with E-state index < -0.39 is 5.97 Å². The van der Waals surface area contributed by atoms with Crippen LogP contribution in [0.5, 0.6) is 11.5 Å². The summed E-state index contributed by atoms with van der Waals surface area (Å²) in [4.78, 5) is 23.0. The van der Waals surface area contributed by atoms with Crippen molar-refractivity contribution in [3.8, 4) is 22.6 Å². The lowest BCUT2D eigenvalue weighted by Gasteiger charge is -2.13. The van der Waals surface area contributed by atoms with Gasteiger partial charge in [-0.1, -0.05) is 18.2 Å². The highest BCUT2D eigenvalue weighted by Crippen LogP contribution is 2.34. The maximum absolute atomic E-state index is 11.9. The van der Waals surface area contributed by atoms with Crippen LogP contribution in [0.15, 0.2) is 36.4 Å². The second-order valence-corrected chi connectivity index (χ2v) is 4.45. The van der Waals surface area contributed by atoms with Crippen molar-refractivity contribution in [1.82, 2.24) is 0 Å². The van der Waals surface area contributed by atoms with Gasteiger partial charge in [-0.15, -0.1) is 0 Å². The zero-order valence-corrected chi connectivity index (χ0v) is 12.6. The van der Waals surface area contributed by atoms with Crippen LogP contribution < -0.4 is 9.47 Å². The molecule has 0 spiro atoms. The Labute approximate surface area is 128 Å². The van der Waals surface area contributed by atoms with E-state index in [1.54, 1.807) is 30.3 Å². The van der Waals surface area contributed by atoms with Gasteiger partial charge in [-0.3, -0.25) is 4.79 Å². The normalized spacial score (nSPS) is 9.95. The van der Waals surface area contributed by atoms with Crippen molar-refractivity contribution >= 4 is 12.3 Å². The minimum Gasteiger partial charge on any atom is -0.496 e. The molecule has 0 aliphatic carbocycles. The van der Waals surface area contributed by atoms with E-state index in [2.05, 4.69) is 0 Å². The SMILES string of the molecule is COC(=O)c1cc(-c2cccc(C=O)c2OC)ccc1OC. The maximum atomic E-state index is 11.9. The Bertz CT molecular complexity index is 706. The number of benzene rings is 2. The number of ether oxygens (including phenoxy) is 3. The lowest BCUT2D eigenvalue weighted by molar-refractivity contribution is 0.0597. The Morgan fingerprint density at radius 3 is 2.41 bits per heavy atom. The van der Waals surface area contributed by atoms with Crippen LogP contribution in [0.2, 0.25) is 0 Å². The molecule has 0 aromatic heterocycles. The molecule has 0 amide bonds. The van der Waals surface area contributed by atoms with Gasteiger partial charge < -0.3 is 14.2 Å². The molecule has 0 atom stereocenters. The Balaban J connectivity index is 2.63. The highest BCUT2D eigenvalue weighted by molar-refractivity contribution is 5.95. The molecule has 2 rings (SSSR count). The summed E-state index contributed by atoms with van der Waals surface area (Å²) in [6.45, 7) is 0. The molecule has 114 valence electrons. The first-order valence-corrected chi connectivity index (χ1v) is 6.55. The van der Waals surface area contributed by atoms with Crippen molar-refractivity contribution in [2.45, 2.75) is 0 Å². The fourth-order valence-corrected chi connectivity index (χ4v) is 2.25. The number of carbonyl (C=O) groups is 2. The number of methoxy groups -OCH3 is 3. The molecular weight excluding hydrogens is 284 g/mol. The van der Waals surface area contributed by atoms with Gasteiger partial charge in [0.05, 0.1) is 26.9 Å². The van der Waals surface area contributed by atoms with Gasteiger partial charge in [-0.05, 0) is 23.8 Å². The maximum Gasteiger partial charge on any atom is 0.341 e. The molecule has 0 saturated carbocycles. The number of esters is 1. The third kappa shape index (κ3) is 2.79. The van der Waals surface area contributed by atoms with Crippen LogP contribution in [0.3, 0.4) is 0 Å². The van der Waals surface area contributed by atoms with Crippen molar-refractivity contribution < 1.29 is 23.8 Å². The van der Waals surface area contributed by atoms with Crippen molar-refractivity contribution in [3.63, 3.8) is 0 Å². The Kier molecular flexibility index (Phi) is 4.78. The van der Waals surface area contributed by atoms with E-state index in [1.165, 1.54) is 21.3 Å². The average molecular weight is 300 g/mol. The number of para-hydroxylation sites is 1. The Morgan fingerprint density at radius 2 is 1.82 bits per heavy atom. The summed E-state index contributed by atoms with van der Waals surface area (Å²) in [5.41, 5.74) is 2.18. The smallest absolute Gasteiger partial charge is 0.341 e. The fraction of sp³-hybridized carbons (Fsp3) is 0.176. The highest BCUT2D eigenvalue weighted by atomic mass is 16.5. The predicted molar refractivity (Wildman–Crippen MR) is 81.7 cm³/mol. The van der Waals surface area contributed by atoms with Gasteiger partial charge in [-0.25, -0.2) is 4.79 Å². The molecule has 22 heavy (non-hydrogen) atoms. The second-order valence-electron chi connectivity index (χ2n) is 4.45. The van der Waals surface area contributed by atoms with Crippen molar-refractivity contribution in [1.29, 1.82) is 0 Å². The van der Waals surface area contributed by atoms with E-state index in [0.29, 0.717) is 28.2 Å². The van der Waals surface area contributed by atoms with Gasteiger partial charge >= 0.3 is 5.97 Å². The quantitative estimate of drug-likeness (QED) is 0.627. The monoisotopic (exact) mass is 300 g/mol. The zero-order valence-electron chi connectivity index (χ0n) is 12.6. The van der Waals surface area contributed by atoms with Crippen LogP contribution in [0.25, 0.3) is 11.1 Å². The topological polar surface area (TPSA) is 61.8 Å². The highest BCUT2D eigenvalue weighted by Gasteiger charge is 2.16. The molecule has 0 bridgehead atoms. The summed E-state index contributed by atoms with van der Waals surface area (Å²) in [5, 5.41) is 0. The molecule has 2 aromatic carbocycles. The molecule has 0 saturated heterocycles. The first-order chi connectivity index (χ1) is 10.7. The van der Waals surface area contributed by atoms with Gasteiger partial charge in [0.15, 0.2) is 6.29 Å². The molecule has 0 fully saturated rings. The number of hydrogen-bond donors (Lipinski definition) is 0. The van der Waals surface area contributed by atoms with Gasteiger partial charge in [0.25, 0.3) is 0 Å². The van der Waals surface area contributed by atoms with Crippen molar-refractivity contribution in [2.24, 2.45) is 0 Å². The van der Waals surface area contributed by atoms with E-state index >= 15 is 0 Å². The first-order valence-electron chi connectivity index (χ1n) is 6.55. The largest absolute Gasteiger partial charge is 0.496 e. The van der Waals surface area contributed by atoms with Crippen LogP contribution in [0.4, 0.5) is 0 Å². The van der Waals surface area contributed by atoms with Crippen LogP contribution >= 0.6 is 0 Å². The third-order valence-corrected chi connectivity index (χ3v) is 3.29.